The molecule has 0 aliphatic heterocycles. The monoisotopic (exact) mass is 278 g/mol. The molecule has 0 aromatic carbocycles. The first-order valence-electron chi connectivity index (χ1n) is 7.16. The molecule has 2 aliphatic carbocycles. The Balaban J connectivity index is 2.39. The normalized spacial score (nSPS) is 31.3. The van der Waals surface area contributed by atoms with Crippen LogP contribution in [0.4, 0.5) is 0 Å². The summed E-state index contributed by atoms with van der Waals surface area (Å²) in [5.41, 5.74) is 0.552. The number of rotatable bonds is 2. The third-order valence-corrected chi connectivity index (χ3v) is 4.59. The Hall–Kier alpha value is -1.58. The highest BCUT2D eigenvalue weighted by atomic mass is 16.5. The molecule has 0 unspecified atom stereocenters. The number of allylic oxidation sites excluding steroid dienone is 3. The lowest BCUT2D eigenvalue weighted by molar-refractivity contribution is -0.158. The first-order valence-corrected chi connectivity index (χ1v) is 7.16. The average molecular weight is 278 g/mol. The first kappa shape index (κ1) is 14.8. The van der Waals surface area contributed by atoms with Crippen LogP contribution in [-0.2, 0) is 19.1 Å². The molecule has 2 atom stereocenters. The van der Waals surface area contributed by atoms with Gasteiger partial charge in [0.25, 0.3) is 0 Å². The van der Waals surface area contributed by atoms with Gasteiger partial charge < -0.3 is 9.47 Å². The molecule has 2 rings (SSSR count). The van der Waals surface area contributed by atoms with E-state index in [1.807, 2.05) is 0 Å². The lowest BCUT2D eigenvalue weighted by Crippen LogP contribution is -2.42. The third-order valence-electron chi connectivity index (χ3n) is 4.59. The van der Waals surface area contributed by atoms with Crippen molar-refractivity contribution in [2.24, 2.45) is 11.3 Å². The summed E-state index contributed by atoms with van der Waals surface area (Å²) in [6.45, 7) is 0. The maximum absolute atomic E-state index is 12.4. The van der Waals surface area contributed by atoms with Crippen LogP contribution in [-0.4, -0.2) is 26.2 Å². The van der Waals surface area contributed by atoms with Gasteiger partial charge in [-0.3, -0.25) is 4.79 Å². The van der Waals surface area contributed by atoms with Crippen molar-refractivity contribution in [1.29, 1.82) is 0 Å². The van der Waals surface area contributed by atoms with Gasteiger partial charge in [-0.25, -0.2) is 4.79 Å². The van der Waals surface area contributed by atoms with E-state index in [1.165, 1.54) is 14.2 Å². The molecular weight excluding hydrogens is 256 g/mol. The van der Waals surface area contributed by atoms with Crippen molar-refractivity contribution in [2.45, 2.75) is 38.5 Å². The zero-order chi connectivity index (χ0) is 14.6. The van der Waals surface area contributed by atoms with E-state index >= 15 is 0 Å². The van der Waals surface area contributed by atoms with E-state index in [0.717, 1.165) is 44.1 Å². The van der Waals surface area contributed by atoms with Gasteiger partial charge >= 0.3 is 11.9 Å². The van der Waals surface area contributed by atoms with Crippen LogP contribution in [0.3, 0.4) is 0 Å². The maximum atomic E-state index is 12.4. The van der Waals surface area contributed by atoms with Crippen molar-refractivity contribution < 1.29 is 19.1 Å². The van der Waals surface area contributed by atoms with Crippen LogP contribution in [0.5, 0.6) is 0 Å². The van der Waals surface area contributed by atoms with Crippen LogP contribution < -0.4 is 0 Å². The van der Waals surface area contributed by atoms with Crippen LogP contribution in [0.25, 0.3) is 0 Å². The second-order valence-corrected chi connectivity index (χ2v) is 5.54. The number of ether oxygens (including phenoxy) is 2. The quantitative estimate of drug-likeness (QED) is 0.443. The molecule has 0 aromatic rings. The fourth-order valence-electron chi connectivity index (χ4n) is 3.61. The van der Waals surface area contributed by atoms with Crippen molar-refractivity contribution in [3.05, 3.63) is 23.8 Å². The van der Waals surface area contributed by atoms with E-state index in [9.17, 15) is 9.59 Å². The third kappa shape index (κ3) is 2.65. The van der Waals surface area contributed by atoms with E-state index in [1.54, 1.807) is 6.08 Å². The predicted octanol–water partition coefficient (Wildman–Crippen LogP) is 2.79. The van der Waals surface area contributed by atoms with Gasteiger partial charge in [-0.05, 0) is 44.4 Å². The molecule has 0 heterocycles. The van der Waals surface area contributed by atoms with Gasteiger partial charge in [0.05, 0.1) is 19.6 Å². The summed E-state index contributed by atoms with van der Waals surface area (Å²) in [7, 11) is 2.83. The molecule has 1 saturated carbocycles. The molecule has 0 spiro atoms. The van der Waals surface area contributed by atoms with Crippen molar-refractivity contribution in [3.63, 3.8) is 0 Å². The Kier molecular flexibility index (Phi) is 4.63. The van der Waals surface area contributed by atoms with Crippen LogP contribution in [0.2, 0.25) is 0 Å². The number of methoxy groups -OCH3 is 2. The molecule has 0 radical (unpaired) electrons. The van der Waals surface area contributed by atoms with Gasteiger partial charge in [0.1, 0.15) is 0 Å². The largest absolute Gasteiger partial charge is 0.469 e. The van der Waals surface area contributed by atoms with Crippen LogP contribution >= 0.6 is 0 Å². The number of hydrogen-bond acceptors (Lipinski definition) is 4. The summed E-state index contributed by atoms with van der Waals surface area (Å²) in [6.07, 6.45) is 10.9. The molecule has 0 amide bonds. The van der Waals surface area contributed by atoms with Crippen LogP contribution in [0, 0.1) is 11.3 Å². The number of carbonyl (C=O) groups is 2. The number of fused-ring (bicyclic) bond motifs is 1. The fourth-order valence-corrected chi connectivity index (χ4v) is 3.61. The summed E-state index contributed by atoms with van der Waals surface area (Å²) in [4.78, 5) is 23.9. The van der Waals surface area contributed by atoms with E-state index in [-0.39, 0.29) is 17.9 Å². The molecular formula is C16H22O4. The summed E-state index contributed by atoms with van der Waals surface area (Å²) >= 11 is 0. The lowest BCUT2D eigenvalue weighted by atomic mass is 9.61. The Labute approximate surface area is 119 Å². The summed E-state index contributed by atoms with van der Waals surface area (Å²) < 4.78 is 9.81. The van der Waals surface area contributed by atoms with E-state index in [2.05, 4.69) is 12.2 Å². The molecule has 110 valence electrons. The highest BCUT2D eigenvalue weighted by molar-refractivity contribution is 5.84. The second kappa shape index (κ2) is 6.25. The minimum absolute atomic E-state index is 0.0570. The van der Waals surface area contributed by atoms with Gasteiger partial charge in [-0.1, -0.05) is 17.7 Å². The molecule has 0 N–H and O–H groups in total. The number of esters is 2. The SMILES string of the molecule is COC(=O)/C=C1/CCC[C@@]2(C(=O)OC)CCC=CC[C@H]12. The molecule has 4 nitrogen and oxygen atoms in total. The fraction of sp³-hybridized carbons (Fsp3) is 0.625. The molecule has 0 saturated heterocycles. The first-order chi connectivity index (χ1) is 9.64. The van der Waals surface area contributed by atoms with Gasteiger partial charge in [0, 0.05) is 6.08 Å². The van der Waals surface area contributed by atoms with Gasteiger partial charge in [0.15, 0.2) is 0 Å². The lowest BCUT2D eigenvalue weighted by Gasteiger charge is -2.42. The smallest absolute Gasteiger partial charge is 0.330 e. The summed E-state index contributed by atoms with van der Waals surface area (Å²) in [5.74, 6) is -0.419. The van der Waals surface area contributed by atoms with Gasteiger partial charge in [0.2, 0.25) is 0 Å². The van der Waals surface area contributed by atoms with Crippen LogP contribution in [0.15, 0.2) is 23.8 Å². The van der Waals surface area contributed by atoms with Crippen molar-refractivity contribution in [1.82, 2.24) is 0 Å². The van der Waals surface area contributed by atoms with E-state index in [0.29, 0.717) is 0 Å². The highest BCUT2D eigenvalue weighted by Crippen LogP contribution is 2.51. The molecule has 2 aliphatic rings. The Morgan fingerprint density at radius 1 is 1.25 bits per heavy atom. The zero-order valence-electron chi connectivity index (χ0n) is 12.2. The van der Waals surface area contributed by atoms with Crippen molar-refractivity contribution >= 4 is 11.9 Å². The zero-order valence-corrected chi connectivity index (χ0v) is 12.2. The topological polar surface area (TPSA) is 52.6 Å². The standard InChI is InChI=1S/C16H22O4/c1-19-14(17)11-12-7-6-10-16(15(18)20-2)9-5-3-4-8-13(12)16/h3-4,11,13H,5-10H2,1-2H3/b12-11-/t13-,16+/m1/s1. The molecule has 0 aromatic heterocycles. The Morgan fingerprint density at radius 3 is 2.75 bits per heavy atom. The van der Waals surface area contributed by atoms with Crippen LogP contribution in [0.1, 0.15) is 38.5 Å². The van der Waals surface area contributed by atoms with Gasteiger partial charge in [-0.15, -0.1) is 0 Å². The molecule has 4 heteroatoms. The number of carbonyl (C=O) groups excluding carboxylic acids is 2. The Bertz CT molecular complexity index is 449. The minimum atomic E-state index is -0.476. The summed E-state index contributed by atoms with van der Waals surface area (Å²) in [5, 5.41) is 0. The minimum Gasteiger partial charge on any atom is -0.469 e. The van der Waals surface area contributed by atoms with Crippen molar-refractivity contribution in [3.8, 4) is 0 Å². The van der Waals surface area contributed by atoms with Gasteiger partial charge in [-0.2, -0.15) is 0 Å². The molecule has 20 heavy (non-hydrogen) atoms. The Morgan fingerprint density at radius 2 is 2.05 bits per heavy atom. The predicted molar refractivity (Wildman–Crippen MR) is 74.9 cm³/mol. The summed E-state index contributed by atoms with van der Waals surface area (Å²) in [6, 6.07) is 0. The average Bonchev–Trinajstić information content (AvgIpc) is 2.70. The highest BCUT2D eigenvalue weighted by Gasteiger charge is 2.49. The molecule has 0 bridgehead atoms. The van der Waals surface area contributed by atoms with E-state index in [4.69, 9.17) is 9.47 Å². The second-order valence-electron chi connectivity index (χ2n) is 5.54. The molecule has 1 fully saturated rings. The van der Waals surface area contributed by atoms with E-state index < -0.39 is 5.41 Å². The maximum Gasteiger partial charge on any atom is 0.330 e. The number of hydrogen-bond donors (Lipinski definition) is 0. The van der Waals surface area contributed by atoms with Crippen molar-refractivity contribution in [2.75, 3.05) is 14.2 Å².